The molecule has 0 radical (unpaired) electrons. The van der Waals surface area contributed by atoms with Crippen molar-refractivity contribution in [3.8, 4) is 0 Å². The van der Waals surface area contributed by atoms with Crippen molar-refractivity contribution in [1.82, 2.24) is 0 Å². The van der Waals surface area contributed by atoms with E-state index in [0.717, 1.165) is 44.9 Å². The van der Waals surface area contributed by atoms with E-state index in [-0.39, 0.29) is 22.0 Å². The van der Waals surface area contributed by atoms with Crippen LogP contribution in [0.2, 0.25) is 6.55 Å². The van der Waals surface area contributed by atoms with E-state index >= 15 is 0 Å². The largest absolute Gasteiger partial charge is 0.498 e. The molecule has 0 aliphatic carbocycles. The van der Waals surface area contributed by atoms with Gasteiger partial charge in [-0.15, -0.1) is 0 Å². The predicted molar refractivity (Wildman–Crippen MR) is 143 cm³/mol. The molecule has 0 aromatic rings. The molecule has 0 saturated heterocycles. The Hall–Kier alpha value is 0.0969. The fraction of sp³-hybridized carbons (Fsp3) is 1.00. The molecular formula is C28H60O3Si. The SMILES string of the molecule is CCCCC(CC)(CC)C(CC)(CCC)O[Si](C)(OCC)OC(C)(CCCC)C(C)(C)C. The summed E-state index contributed by atoms with van der Waals surface area (Å²) >= 11 is 0. The molecular weight excluding hydrogens is 412 g/mol. The van der Waals surface area contributed by atoms with Gasteiger partial charge >= 0.3 is 8.80 Å². The van der Waals surface area contributed by atoms with Crippen molar-refractivity contribution in [2.75, 3.05) is 6.61 Å². The van der Waals surface area contributed by atoms with Gasteiger partial charge in [-0.05, 0) is 63.2 Å². The monoisotopic (exact) mass is 472 g/mol. The summed E-state index contributed by atoms with van der Waals surface area (Å²) in [4.78, 5) is 0. The second-order valence-corrected chi connectivity index (χ2v) is 13.7. The molecule has 0 bridgehead atoms. The molecule has 0 saturated carbocycles. The molecule has 0 aliphatic heterocycles. The molecule has 0 aliphatic rings. The quantitative estimate of drug-likeness (QED) is 0.186. The van der Waals surface area contributed by atoms with Crippen LogP contribution in [0.3, 0.4) is 0 Å². The van der Waals surface area contributed by atoms with Crippen molar-refractivity contribution in [3.63, 3.8) is 0 Å². The molecule has 0 rings (SSSR count). The highest BCUT2D eigenvalue weighted by molar-refractivity contribution is 6.59. The highest BCUT2D eigenvalue weighted by Gasteiger charge is 2.56. The molecule has 0 spiro atoms. The molecule has 3 nitrogen and oxygen atoms in total. The van der Waals surface area contributed by atoms with E-state index < -0.39 is 8.80 Å². The molecule has 0 amide bonds. The second-order valence-electron chi connectivity index (χ2n) is 11.3. The molecule has 0 aromatic heterocycles. The molecule has 0 fully saturated rings. The Kier molecular flexibility index (Phi) is 13.9. The minimum atomic E-state index is -2.92. The van der Waals surface area contributed by atoms with E-state index in [1.807, 2.05) is 0 Å². The normalized spacial score (nSPS) is 18.8. The van der Waals surface area contributed by atoms with Gasteiger partial charge in [0.15, 0.2) is 0 Å². The van der Waals surface area contributed by atoms with Crippen molar-refractivity contribution in [3.05, 3.63) is 0 Å². The van der Waals surface area contributed by atoms with Crippen molar-refractivity contribution < 1.29 is 13.3 Å². The molecule has 0 heterocycles. The zero-order chi connectivity index (χ0) is 25.1. The third-order valence-electron chi connectivity index (χ3n) is 8.35. The van der Waals surface area contributed by atoms with Crippen LogP contribution in [0.4, 0.5) is 0 Å². The Labute approximate surface area is 204 Å². The van der Waals surface area contributed by atoms with Gasteiger partial charge in [-0.1, -0.05) is 94.4 Å². The lowest BCUT2D eigenvalue weighted by atomic mass is 9.62. The number of hydrogen-bond donors (Lipinski definition) is 0. The van der Waals surface area contributed by atoms with E-state index in [4.69, 9.17) is 13.3 Å². The van der Waals surface area contributed by atoms with Gasteiger partial charge in [0.05, 0.1) is 11.2 Å². The maximum Gasteiger partial charge on any atom is 0.498 e. The van der Waals surface area contributed by atoms with Crippen LogP contribution in [-0.2, 0) is 13.3 Å². The second kappa shape index (κ2) is 13.9. The maximum atomic E-state index is 7.37. The highest BCUT2D eigenvalue weighted by Crippen LogP contribution is 2.52. The molecule has 0 N–H and O–H groups in total. The highest BCUT2D eigenvalue weighted by atomic mass is 28.4. The first-order chi connectivity index (χ1) is 14.8. The van der Waals surface area contributed by atoms with Crippen LogP contribution in [0.25, 0.3) is 0 Å². The average Bonchev–Trinajstić information content (AvgIpc) is 2.72. The van der Waals surface area contributed by atoms with Crippen LogP contribution in [0.5, 0.6) is 0 Å². The van der Waals surface area contributed by atoms with E-state index in [9.17, 15) is 0 Å². The van der Waals surface area contributed by atoms with Gasteiger partial charge < -0.3 is 13.3 Å². The first kappa shape index (κ1) is 32.1. The summed E-state index contributed by atoms with van der Waals surface area (Å²) in [6.07, 6.45) is 12.5. The van der Waals surface area contributed by atoms with E-state index in [1.54, 1.807) is 0 Å². The predicted octanol–water partition coefficient (Wildman–Crippen LogP) is 9.57. The summed E-state index contributed by atoms with van der Waals surface area (Å²) in [7, 11) is -2.92. The van der Waals surface area contributed by atoms with E-state index in [1.165, 1.54) is 25.7 Å². The van der Waals surface area contributed by atoms with E-state index in [2.05, 4.69) is 82.7 Å². The van der Waals surface area contributed by atoms with Crippen LogP contribution in [0.15, 0.2) is 0 Å². The van der Waals surface area contributed by atoms with Crippen molar-refractivity contribution >= 4 is 8.80 Å². The molecule has 194 valence electrons. The summed E-state index contributed by atoms with van der Waals surface area (Å²) in [5.74, 6) is 0. The third-order valence-corrected chi connectivity index (χ3v) is 10.7. The minimum absolute atomic E-state index is 0.00529. The standard InChI is InChI=1S/C28H60O3Si/c1-13-20-23-26(11,25(8,9)10)30-32(12,29-19-7)31-28(18-6,22-15-3)27(16-4,17-5)24-21-14-2/h13-24H2,1-12H3. The van der Waals surface area contributed by atoms with Crippen molar-refractivity contribution in [1.29, 1.82) is 0 Å². The zero-order valence-corrected chi connectivity index (χ0v) is 25.2. The van der Waals surface area contributed by atoms with Gasteiger partial charge in [0.25, 0.3) is 0 Å². The molecule has 3 atom stereocenters. The summed E-state index contributed by atoms with van der Waals surface area (Å²) in [5.41, 5.74) is -0.329. The lowest BCUT2D eigenvalue weighted by Gasteiger charge is -2.55. The number of hydrogen-bond acceptors (Lipinski definition) is 3. The molecule has 32 heavy (non-hydrogen) atoms. The minimum Gasteiger partial charge on any atom is -0.374 e. The van der Waals surface area contributed by atoms with E-state index in [0.29, 0.717) is 6.61 Å². The van der Waals surface area contributed by atoms with Crippen LogP contribution in [0, 0.1) is 10.8 Å². The Morgan fingerprint density at radius 2 is 1.16 bits per heavy atom. The van der Waals surface area contributed by atoms with Gasteiger partial charge in [-0.3, -0.25) is 0 Å². The van der Waals surface area contributed by atoms with Gasteiger partial charge in [-0.25, -0.2) is 0 Å². The Bertz CT molecular complexity index is 499. The smallest absolute Gasteiger partial charge is 0.374 e. The maximum absolute atomic E-state index is 7.37. The number of unbranched alkanes of at least 4 members (excludes halogenated alkanes) is 2. The summed E-state index contributed by atoms with van der Waals surface area (Å²) in [5, 5.41) is 0. The van der Waals surface area contributed by atoms with Crippen LogP contribution >= 0.6 is 0 Å². The summed E-state index contributed by atoms with van der Waals surface area (Å²) in [6.45, 7) is 28.0. The summed E-state index contributed by atoms with van der Waals surface area (Å²) < 4.78 is 21.0. The zero-order valence-electron chi connectivity index (χ0n) is 24.2. The average molecular weight is 473 g/mol. The van der Waals surface area contributed by atoms with Gasteiger partial charge in [0.2, 0.25) is 0 Å². The fourth-order valence-corrected chi connectivity index (χ4v) is 8.73. The van der Waals surface area contributed by atoms with Crippen LogP contribution in [0.1, 0.15) is 147 Å². The third kappa shape index (κ3) is 7.82. The first-order valence-electron chi connectivity index (χ1n) is 13.9. The number of rotatable bonds is 18. The molecule has 3 unspecified atom stereocenters. The van der Waals surface area contributed by atoms with Crippen molar-refractivity contribution in [2.45, 2.75) is 165 Å². The Morgan fingerprint density at radius 1 is 0.625 bits per heavy atom. The van der Waals surface area contributed by atoms with Gasteiger partial charge in [-0.2, -0.15) is 0 Å². The van der Waals surface area contributed by atoms with Gasteiger partial charge in [0, 0.05) is 13.2 Å². The first-order valence-corrected chi connectivity index (χ1v) is 16.1. The lowest BCUT2D eigenvalue weighted by molar-refractivity contribution is -0.154. The topological polar surface area (TPSA) is 27.7 Å². The molecule has 0 aromatic carbocycles. The Balaban J connectivity index is 6.46. The lowest BCUT2D eigenvalue weighted by Crippen LogP contribution is -2.62. The van der Waals surface area contributed by atoms with Crippen molar-refractivity contribution in [2.24, 2.45) is 10.8 Å². The molecule has 4 heteroatoms. The van der Waals surface area contributed by atoms with Crippen LogP contribution in [-0.4, -0.2) is 26.6 Å². The fourth-order valence-electron chi connectivity index (χ4n) is 5.64. The Morgan fingerprint density at radius 3 is 1.53 bits per heavy atom. The summed E-state index contributed by atoms with van der Waals surface area (Å²) in [6, 6.07) is 0. The van der Waals surface area contributed by atoms with Crippen LogP contribution < -0.4 is 0 Å². The van der Waals surface area contributed by atoms with Gasteiger partial charge in [0.1, 0.15) is 0 Å².